The van der Waals surface area contributed by atoms with E-state index >= 15 is 0 Å². The van der Waals surface area contributed by atoms with Gasteiger partial charge in [0, 0.05) is 13.7 Å². The predicted molar refractivity (Wildman–Crippen MR) is 76.8 cm³/mol. The fourth-order valence-corrected chi connectivity index (χ4v) is 1.70. The number of nitrogens with one attached hydrogen (secondary N) is 1. The van der Waals surface area contributed by atoms with Gasteiger partial charge in [-0.05, 0) is 16.5 Å². The highest BCUT2D eigenvalue weighted by Gasteiger charge is 2.14. The van der Waals surface area contributed by atoms with Gasteiger partial charge in [0.1, 0.15) is 6.04 Å². The van der Waals surface area contributed by atoms with Crippen LogP contribution in [0.25, 0.3) is 0 Å². The van der Waals surface area contributed by atoms with Crippen molar-refractivity contribution in [2.45, 2.75) is 38.8 Å². The Morgan fingerprint density at radius 3 is 2.37 bits per heavy atom. The van der Waals surface area contributed by atoms with Crippen molar-refractivity contribution in [3.05, 3.63) is 35.4 Å². The van der Waals surface area contributed by atoms with Crippen LogP contribution in [0.2, 0.25) is 0 Å². The summed E-state index contributed by atoms with van der Waals surface area (Å²) in [5.74, 6) is -0.193. The maximum atomic E-state index is 11.6. The number of ether oxygens (including phenoxy) is 1. The molecule has 1 aromatic rings. The maximum Gasteiger partial charge on any atom is 0.239 e. The first-order valence-electron chi connectivity index (χ1n) is 6.46. The Hall–Kier alpha value is -1.39. The van der Waals surface area contributed by atoms with Crippen LogP contribution in [0.5, 0.6) is 0 Å². The van der Waals surface area contributed by atoms with E-state index in [1.807, 2.05) is 12.1 Å². The third kappa shape index (κ3) is 5.01. The van der Waals surface area contributed by atoms with Gasteiger partial charge in [0.05, 0.1) is 6.61 Å². The summed E-state index contributed by atoms with van der Waals surface area (Å²) in [6.07, 6.45) is 0. The lowest BCUT2D eigenvalue weighted by Crippen LogP contribution is -2.43. The molecule has 4 nitrogen and oxygen atoms in total. The summed E-state index contributed by atoms with van der Waals surface area (Å²) in [6.45, 7) is 7.24. The van der Waals surface area contributed by atoms with Crippen LogP contribution in [-0.4, -0.2) is 25.7 Å². The zero-order chi connectivity index (χ0) is 14.5. The molecule has 0 bridgehead atoms. The highest BCUT2D eigenvalue weighted by atomic mass is 16.5. The molecule has 0 aromatic heterocycles. The Bertz CT molecular complexity index is 407. The number of amides is 1. The molecule has 1 aromatic carbocycles. The largest absolute Gasteiger partial charge is 0.383 e. The molecule has 4 heteroatoms. The van der Waals surface area contributed by atoms with E-state index in [9.17, 15) is 4.79 Å². The smallest absolute Gasteiger partial charge is 0.239 e. The second-order valence-electron chi connectivity index (χ2n) is 5.73. The highest BCUT2D eigenvalue weighted by Crippen LogP contribution is 2.22. The van der Waals surface area contributed by atoms with Crippen molar-refractivity contribution in [3.63, 3.8) is 0 Å². The molecular formula is C15H24N2O2. The molecule has 1 unspecified atom stereocenters. The van der Waals surface area contributed by atoms with Crippen LogP contribution in [0, 0.1) is 0 Å². The van der Waals surface area contributed by atoms with Gasteiger partial charge in [0.15, 0.2) is 0 Å². The van der Waals surface area contributed by atoms with E-state index in [-0.39, 0.29) is 17.9 Å². The summed E-state index contributed by atoms with van der Waals surface area (Å²) in [5.41, 5.74) is 8.12. The number of carbonyl (C=O) groups excluding carboxylic acids is 1. The zero-order valence-corrected chi connectivity index (χ0v) is 12.2. The summed E-state index contributed by atoms with van der Waals surface area (Å²) >= 11 is 0. The van der Waals surface area contributed by atoms with Crippen LogP contribution in [0.1, 0.15) is 31.9 Å². The lowest BCUT2D eigenvalue weighted by molar-refractivity contribution is -0.123. The first-order valence-corrected chi connectivity index (χ1v) is 6.46. The van der Waals surface area contributed by atoms with Crippen LogP contribution < -0.4 is 11.1 Å². The van der Waals surface area contributed by atoms with Crippen molar-refractivity contribution >= 4 is 5.91 Å². The third-order valence-electron chi connectivity index (χ3n) is 2.97. The number of nitrogens with two attached hydrogens (primary N) is 1. The van der Waals surface area contributed by atoms with Crippen LogP contribution >= 0.6 is 0 Å². The zero-order valence-electron chi connectivity index (χ0n) is 12.2. The molecule has 1 amide bonds. The Kier molecular flexibility index (Phi) is 5.51. The molecule has 1 rings (SSSR count). The van der Waals surface area contributed by atoms with Gasteiger partial charge < -0.3 is 15.8 Å². The second-order valence-corrected chi connectivity index (χ2v) is 5.73. The van der Waals surface area contributed by atoms with Crippen molar-refractivity contribution in [1.82, 2.24) is 5.32 Å². The molecule has 0 aliphatic rings. The first-order chi connectivity index (χ1) is 8.84. The van der Waals surface area contributed by atoms with Gasteiger partial charge in [-0.3, -0.25) is 4.79 Å². The Morgan fingerprint density at radius 1 is 1.32 bits per heavy atom. The molecule has 0 spiro atoms. The fraction of sp³-hybridized carbons (Fsp3) is 0.533. The van der Waals surface area contributed by atoms with Crippen LogP contribution in [0.4, 0.5) is 0 Å². The Balaban J connectivity index is 2.53. The molecule has 19 heavy (non-hydrogen) atoms. The van der Waals surface area contributed by atoms with E-state index < -0.39 is 6.04 Å². The van der Waals surface area contributed by atoms with Crippen molar-refractivity contribution in [2.75, 3.05) is 13.7 Å². The molecule has 0 saturated heterocycles. The van der Waals surface area contributed by atoms with Crippen molar-refractivity contribution in [1.29, 1.82) is 0 Å². The van der Waals surface area contributed by atoms with E-state index in [2.05, 4.69) is 38.2 Å². The quantitative estimate of drug-likeness (QED) is 0.848. The van der Waals surface area contributed by atoms with Crippen LogP contribution in [0.15, 0.2) is 24.3 Å². The van der Waals surface area contributed by atoms with Gasteiger partial charge in [-0.1, -0.05) is 45.0 Å². The summed E-state index contributed by atoms with van der Waals surface area (Å²) in [7, 11) is 1.53. The summed E-state index contributed by atoms with van der Waals surface area (Å²) in [5, 5.41) is 2.80. The Labute approximate surface area is 115 Å². The van der Waals surface area contributed by atoms with Gasteiger partial charge in [0.25, 0.3) is 0 Å². The summed E-state index contributed by atoms with van der Waals surface area (Å²) in [6, 6.07) is 7.64. The topological polar surface area (TPSA) is 64.3 Å². The molecule has 0 aliphatic heterocycles. The predicted octanol–water partition coefficient (Wildman–Crippen LogP) is 1.57. The molecule has 0 radical (unpaired) electrons. The molecule has 1 atom stereocenters. The fourth-order valence-electron chi connectivity index (χ4n) is 1.70. The average molecular weight is 264 g/mol. The molecule has 0 fully saturated rings. The number of hydrogen-bond donors (Lipinski definition) is 2. The molecule has 106 valence electrons. The number of rotatable bonds is 5. The molecule has 0 heterocycles. The van der Waals surface area contributed by atoms with E-state index in [0.717, 1.165) is 5.56 Å². The lowest BCUT2D eigenvalue weighted by Gasteiger charge is -2.19. The lowest BCUT2D eigenvalue weighted by atomic mass is 9.87. The number of hydrogen-bond acceptors (Lipinski definition) is 3. The summed E-state index contributed by atoms with van der Waals surface area (Å²) in [4.78, 5) is 11.6. The van der Waals surface area contributed by atoms with Crippen molar-refractivity contribution < 1.29 is 9.53 Å². The maximum absolute atomic E-state index is 11.6. The highest BCUT2D eigenvalue weighted by molar-refractivity contribution is 5.81. The van der Waals surface area contributed by atoms with E-state index in [4.69, 9.17) is 10.5 Å². The number of benzene rings is 1. The third-order valence-corrected chi connectivity index (χ3v) is 2.97. The van der Waals surface area contributed by atoms with Gasteiger partial charge in [-0.25, -0.2) is 0 Å². The van der Waals surface area contributed by atoms with E-state index in [1.165, 1.54) is 12.7 Å². The van der Waals surface area contributed by atoms with Gasteiger partial charge in [0.2, 0.25) is 5.91 Å². The number of methoxy groups -OCH3 is 1. The normalized spacial score (nSPS) is 13.1. The van der Waals surface area contributed by atoms with Gasteiger partial charge >= 0.3 is 0 Å². The average Bonchev–Trinajstić information content (AvgIpc) is 2.35. The molecule has 3 N–H and O–H groups in total. The minimum atomic E-state index is -0.612. The van der Waals surface area contributed by atoms with Crippen LogP contribution in [0.3, 0.4) is 0 Å². The standard InChI is InChI=1S/C15H24N2O2/c1-15(2,3)12-7-5-11(6-8-12)9-17-14(18)13(16)10-19-4/h5-8,13H,9-10,16H2,1-4H3,(H,17,18). The van der Waals surface area contributed by atoms with Gasteiger partial charge in [-0.15, -0.1) is 0 Å². The van der Waals surface area contributed by atoms with E-state index in [1.54, 1.807) is 0 Å². The second kappa shape index (κ2) is 6.68. The SMILES string of the molecule is COCC(N)C(=O)NCc1ccc(C(C)(C)C)cc1. The number of carbonyl (C=O) groups is 1. The first kappa shape index (κ1) is 15.7. The van der Waals surface area contributed by atoms with E-state index in [0.29, 0.717) is 6.54 Å². The minimum Gasteiger partial charge on any atom is -0.383 e. The van der Waals surface area contributed by atoms with Gasteiger partial charge in [-0.2, -0.15) is 0 Å². The molecule has 0 saturated carbocycles. The summed E-state index contributed by atoms with van der Waals surface area (Å²) < 4.78 is 4.84. The minimum absolute atomic E-state index is 0.141. The monoisotopic (exact) mass is 264 g/mol. The van der Waals surface area contributed by atoms with Crippen molar-refractivity contribution in [3.8, 4) is 0 Å². The molecular weight excluding hydrogens is 240 g/mol. The van der Waals surface area contributed by atoms with Crippen molar-refractivity contribution in [2.24, 2.45) is 5.73 Å². The Morgan fingerprint density at radius 2 is 1.89 bits per heavy atom. The van der Waals surface area contributed by atoms with Crippen LogP contribution in [-0.2, 0) is 21.5 Å². The molecule has 0 aliphatic carbocycles.